The molecule has 1 atom stereocenters. The van der Waals surface area contributed by atoms with Crippen LogP contribution in [0, 0.1) is 11.3 Å². The van der Waals surface area contributed by atoms with Crippen LogP contribution in [0.1, 0.15) is 52.9 Å². The molecule has 1 aliphatic rings. The summed E-state index contributed by atoms with van der Waals surface area (Å²) in [6.45, 7) is 10.6. The molecule has 120 valence electrons. The van der Waals surface area contributed by atoms with E-state index in [1.807, 2.05) is 11.8 Å². The number of rotatable bonds is 9. The Kier molecular flexibility index (Phi) is 8.54. The first-order valence-electron chi connectivity index (χ1n) is 8.46. The zero-order valence-electron chi connectivity index (χ0n) is 14.4. The van der Waals surface area contributed by atoms with Gasteiger partial charge < -0.3 is 10.2 Å². The molecule has 0 aromatic heterocycles. The van der Waals surface area contributed by atoms with Gasteiger partial charge >= 0.3 is 0 Å². The summed E-state index contributed by atoms with van der Waals surface area (Å²) in [5.41, 5.74) is 0.517. The van der Waals surface area contributed by atoms with Crippen molar-refractivity contribution in [1.82, 2.24) is 10.2 Å². The van der Waals surface area contributed by atoms with Gasteiger partial charge in [0.05, 0.1) is 0 Å². The van der Waals surface area contributed by atoms with Gasteiger partial charge in [-0.1, -0.05) is 33.6 Å². The van der Waals surface area contributed by atoms with Crippen molar-refractivity contribution in [1.29, 1.82) is 0 Å². The van der Waals surface area contributed by atoms with Crippen molar-refractivity contribution in [3.05, 3.63) is 0 Å². The predicted octanol–water partition coefficient (Wildman–Crippen LogP) is 3.87. The molecule has 0 aromatic carbocycles. The second-order valence-electron chi connectivity index (χ2n) is 6.90. The van der Waals surface area contributed by atoms with Crippen LogP contribution in [0.3, 0.4) is 0 Å². The van der Waals surface area contributed by atoms with Crippen molar-refractivity contribution in [2.45, 2.75) is 58.9 Å². The van der Waals surface area contributed by atoms with Gasteiger partial charge in [0.1, 0.15) is 0 Å². The maximum absolute atomic E-state index is 3.64. The number of nitrogens with zero attached hydrogens (tertiary/aromatic N) is 1. The van der Waals surface area contributed by atoms with Gasteiger partial charge in [0, 0.05) is 24.9 Å². The maximum atomic E-state index is 3.64. The zero-order chi connectivity index (χ0) is 15.0. The average Bonchev–Trinajstić information content (AvgIpc) is 2.45. The molecule has 1 saturated carbocycles. The molecular weight excluding hydrogens is 264 g/mol. The second kappa shape index (κ2) is 9.32. The lowest BCUT2D eigenvalue weighted by molar-refractivity contribution is 0.0826. The molecule has 0 aliphatic heterocycles. The Balaban J connectivity index is 2.63. The predicted molar refractivity (Wildman–Crippen MR) is 93.7 cm³/mol. The minimum atomic E-state index is 0.517. The lowest BCUT2D eigenvalue weighted by Crippen LogP contribution is -2.48. The van der Waals surface area contributed by atoms with Gasteiger partial charge in [0.25, 0.3) is 0 Å². The van der Waals surface area contributed by atoms with E-state index in [4.69, 9.17) is 0 Å². The van der Waals surface area contributed by atoms with Crippen LogP contribution in [0.25, 0.3) is 0 Å². The average molecular weight is 301 g/mol. The SMILES string of the molecule is CCNCC1(CN(C)C(CC)CSC)CCC(C)CC1. The number of hydrogen-bond acceptors (Lipinski definition) is 3. The molecule has 0 aromatic rings. The summed E-state index contributed by atoms with van der Waals surface area (Å²) in [6, 6.07) is 0.739. The summed E-state index contributed by atoms with van der Waals surface area (Å²) in [4.78, 5) is 2.64. The highest BCUT2D eigenvalue weighted by Gasteiger charge is 2.35. The fourth-order valence-electron chi connectivity index (χ4n) is 3.56. The van der Waals surface area contributed by atoms with Crippen molar-refractivity contribution in [3.8, 4) is 0 Å². The molecular formula is C17H36N2S. The van der Waals surface area contributed by atoms with Crippen LogP contribution in [0.4, 0.5) is 0 Å². The Hall–Kier alpha value is 0.270. The molecule has 0 amide bonds. The Labute approximate surface area is 131 Å². The first kappa shape index (κ1) is 18.3. The standard InChI is InChI=1S/C17H36N2S/c1-6-16(12-20-5)19(4)14-17(13-18-7-2)10-8-15(3)9-11-17/h15-16,18H,6-14H2,1-5H3. The number of thioether (sulfide) groups is 1. The first-order valence-corrected chi connectivity index (χ1v) is 9.86. The molecule has 1 N–H and O–H groups in total. The summed E-state index contributed by atoms with van der Waals surface area (Å²) in [5, 5.41) is 3.64. The number of hydrogen-bond donors (Lipinski definition) is 1. The summed E-state index contributed by atoms with van der Waals surface area (Å²) < 4.78 is 0. The van der Waals surface area contributed by atoms with Crippen molar-refractivity contribution in [2.75, 3.05) is 38.7 Å². The second-order valence-corrected chi connectivity index (χ2v) is 7.81. The van der Waals surface area contributed by atoms with E-state index in [0.717, 1.165) is 18.5 Å². The summed E-state index contributed by atoms with van der Waals surface area (Å²) >= 11 is 1.98. The van der Waals surface area contributed by atoms with Gasteiger partial charge in [-0.15, -0.1) is 0 Å². The Bertz CT molecular complexity index is 244. The highest BCUT2D eigenvalue weighted by atomic mass is 32.2. The molecule has 1 rings (SSSR count). The molecule has 2 nitrogen and oxygen atoms in total. The molecule has 3 heteroatoms. The van der Waals surface area contributed by atoms with Gasteiger partial charge in [-0.05, 0) is 50.4 Å². The summed E-state index contributed by atoms with van der Waals surface area (Å²) in [6.07, 6.45) is 9.14. The van der Waals surface area contributed by atoms with E-state index in [9.17, 15) is 0 Å². The molecule has 0 bridgehead atoms. The Morgan fingerprint density at radius 3 is 2.45 bits per heavy atom. The fraction of sp³-hybridized carbons (Fsp3) is 1.00. The van der Waals surface area contributed by atoms with Gasteiger partial charge in [-0.3, -0.25) is 0 Å². The molecule has 0 saturated heterocycles. The zero-order valence-corrected chi connectivity index (χ0v) is 15.2. The molecule has 1 fully saturated rings. The van der Waals surface area contributed by atoms with Crippen molar-refractivity contribution >= 4 is 11.8 Å². The van der Waals surface area contributed by atoms with Crippen molar-refractivity contribution in [3.63, 3.8) is 0 Å². The van der Waals surface area contributed by atoms with Crippen LogP contribution in [0.15, 0.2) is 0 Å². The third kappa shape index (κ3) is 5.57. The van der Waals surface area contributed by atoms with Crippen LogP contribution in [0.2, 0.25) is 0 Å². The van der Waals surface area contributed by atoms with E-state index >= 15 is 0 Å². The van der Waals surface area contributed by atoms with E-state index < -0.39 is 0 Å². The van der Waals surface area contributed by atoms with Crippen LogP contribution in [-0.2, 0) is 0 Å². The largest absolute Gasteiger partial charge is 0.316 e. The molecule has 1 unspecified atom stereocenters. The molecule has 1 aliphatic carbocycles. The fourth-order valence-corrected chi connectivity index (χ4v) is 4.44. The smallest absolute Gasteiger partial charge is 0.0180 e. The monoisotopic (exact) mass is 300 g/mol. The minimum Gasteiger partial charge on any atom is -0.316 e. The van der Waals surface area contributed by atoms with Crippen LogP contribution in [-0.4, -0.2) is 49.6 Å². The van der Waals surface area contributed by atoms with E-state index in [-0.39, 0.29) is 0 Å². The van der Waals surface area contributed by atoms with E-state index in [1.54, 1.807) is 0 Å². The first-order chi connectivity index (χ1) is 9.56. The quantitative estimate of drug-likeness (QED) is 0.696. The maximum Gasteiger partial charge on any atom is 0.0180 e. The molecule has 0 spiro atoms. The van der Waals surface area contributed by atoms with E-state index in [1.165, 1.54) is 50.9 Å². The van der Waals surface area contributed by atoms with Crippen molar-refractivity contribution in [2.24, 2.45) is 11.3 Å². The normalized spacial score (nSPS) is 28.8. The van der Waals surface area contributed by atoms with Gasteiger partial charge in [0.15, 0.2) is 0 Å². The van der Waals surface area contributed by atoms with E-state index in [2.05, 4.69) is 44.3 Å². The topological polar surface area (TPSA) is 15.3 Å². The lowest BCUT2D eigenvalue weighted by atomic mass is 9.70. The Morgan fingerprint density at radius 2 is 1.95 bits per heavy atom. The van der Waals surface area contributed by atoms with Crippen LogP contribution < -0.4 is 5.32 Å². The summed E-state index contributed by atoms with van der Waals surface area (Å²) in [5.74, 6) is 2.20. The lowest BCUT2D eigenvalue weighted by Gasteiger charge is -2.44. The number of nitrogens with one attached hydrogen (secondary N) is 1. The van der Waals surface area contributed by atoms with Crippen molar-refractivity contribution < 1.29 is 0 Å². The van der Waals surface area contributed by atoms with Gasteiger partial charge in [0.2, 0.25) is 0 Å². The van der Waals surface area contributed by atoms with Gasteiger partial charge in [-0.2, -0.15) is 11.8 Å². The van der Waals surface area contributed by atoms with Crippen LogP contribution >= 0.6 is 11.8 Å². The molecule has 20 heavy (non-hydrogen) atoms. The molecule has 0 radical (unpaired) electrons. The highest BCUT2D eigenvalue weighted by molar-refractivity contribution is 7.98. The minimum absolute atomic E-state index is 0.517. The third-order valence-corrected chi connectivity index (χ3v) is 5.84. The van der Waals surface area contributed by atoms with E-state index in [0.29, 0.717) is 5.41 Å². The molecule has 0 heterocycles. The highest BCUT2D eigenvalue weighted by Crippen LogP contribution is 2.39. The third-order valence-electron chi connectivity index (χ3n) is 5.12. The Morgan fingerprint density at radius 1 is 1.30 bits per heavy atom. The van der Waals surface area contributed by atoms with Crippen LogP contribution in [0.5, 0.6) is 0 Å². The summed E-state index contributed by atoms with van der Waals surface area (Å²) in [7, 11) is 2.34. The van der Waals surface area contributed by atoms with Gasteiger partial charge in [-0.25, -0.2) is 0 Å².